The van der Waals surface area contributed by atoms with Gasteiger partial charge in [0.25, 0.3) is 0 Å². The van der Waals surface area contributed by atoms with E-state index in [-0.39, 0.29) is 19.3 Å². The monoisotopic (exact) mass is 604 g/mol. The second kappa shape index (κ2) is 14.0. The highest BCUT2D eigenvalue weighted by atomic mass is 16.6. The van der Waals surface area contributed by atoms with E-state index in [0.717, 1.165) is 38.7 Å². The van der Waals surface area contributed by atoms with E-state index in [1.165, 1.54) is 0 Å². The van der Waals surface area contributed by atoms with Crippen molar-refractivity contribution in [1.82, 2.24) is 25.9 Å². The normalized spacial score (nSPS) is 12.8. The van der Waals surface area contributed by atoms with E-state index in [2.05, 4.69) is 25.9 Å². The van der Waals surface area contributed by atoms with Crippen LogP contribution < -0.4 is 26.4 Å². The first-order valence-electron chi connectivity index (χ1n) is 14.5. The van der Waals surface area contributed by atoms with Crippen molar-refractivity contribution >= 4 is 45.6 Å². The molecule has 0 radical (unpaired) electrons. The Labute approximate surface area is 255 Å². The van der Waals surface area contributed by atoms with Crippen LogP contribution in [-0.4, -0.2) is 65.1 Å². The number of nitrogens with one attached hydrogen (secondary N) is 5. The maximum atomic E-state index is 13.6. The number of aromatic amines is 2. The molecule has 0 fully saturated rings. The van der Waals surface area contributed by atoms with Gasteiger partial charge in [-0.2, -0.15) is 0 Å². The number of carbonyl (C=O) groups is 4. The Bertz CT molecular complexity index is 1630. The Morgan fingerprint density at radius 1 is 0.886 bits per heavy atom. The first-order chi connectivity index (χ1) is 20.9. The van der Waals surface area contributed by atoms with Crippen LogP contribution in [0.2, 0.25) is 0 Å². The number of methoxy groups -OCH3 is 1. The van der Waals surface area contributed by atoms with Crippen LogP contribution in [0.3, 0.4) is 0 Å². The summed E-state index contributed by atoms with van der Waals surface area (Å²) < 4.78 is 10.7. The molecule has 0 aliphatic heterocycles. The molecule has 12 heteroatoms. The van der Waals surface area contributed by atoms with Gasteiger partial charge in [0.2, 0.25) is 17.7 Å². The minimum atomic E-state index is -1.16. The smallest absolute Gasteiger partial charge is 0.408 e. The van der Waals surface area contributed by atoms with Gasteiger partial charge < -0.3 is 41.1 Å². The van der Waals surface area contributed by atoms with Crippen molar-refractivity contribution in [1.29, 1.82) is 0 Å². The Morgan fingerprint density at radius 2 is 1.59 bits per heavy atom. The molecular weight excluding hydrogens is 564 g/mol. The fourth-order valence-corrected chi connectivity index (χ4v) is 4.94. The Morgan fingerprint density at radius 3 is 2.30 bits per heavy atom. The highest BCUT2D eigenvalue weighted by Crippen LogP contribution is 2.24. The average molecular weight is 605 g/mol. The average Bonchev–Trinajstić information content (AvgIpc) is 3.57. The number of hydrogen-bond donors (Lipinski definition) is 6. The quantitative estimate of drug-likeness (QED) is 0.136. The Balaban J connectivity index is 1.51. The number of amides is 4. The molecule has 0 aliphatic carbocycles. The fraction of sp³-hybridized carbons (Fsp3) is 0.375. The van der Waals surface area contributed by atoms with Gasteiger partial charge >= 0.3 is 6.09 Å². The molecule has 4 aromatic rings. The van der Waals surface area contributed by atoms with Gasteiger partial charge in [0.15, 0.2) is 0 Å². The number of rotatable bonds is 13. The lowest BCUT2D eigenvalue weighted by Crippen LogP contribution is -2.55. The zero-order chi connectivity index (χ0) is 31.9. The predicted molar refractivity (Wildman–Crippen MR) is 167 cm³/mol. The number of carbonyl (C=O) groups excluding carboxylic acids is 4. The summed E-state index contributed by atoms with van der Waals surface area (Å²) in [6, 6.07) is 11.3. The number of ether oxygens (including phenoxy) is 2. The van der Waals surface area contributed by atoms with Crippen LogP contribution in [0.5, 0.6) is 5.75 Å². The molecule has 0 bridgehead atoms. The lowest BCUT2D eigenvalue weighted by atomic mass is 10.0. The maximum absolute atomic E-state index is 13.6. The summed E-state index contributed by atoms with van der Waals surface area (Å²) in [4.78, 5) is 57.5. The molecule has 2 heterocycles. The number of para-hydroxylation sites is 1. The van der Waals surface area contributed by atoms with Gasteiger partial charge in [-0.25, -0.2) is 4.79 Å². The second-order valence-electron chi connectivity index (χ2n) is 11.6. The molecule has 44 heavy (non-hydrogen) atoms. The molecule has 0 aliphatic rings. The molecule has 0 saturated heterocycles. The van der Waals surface area contributed by atoms with E-state index in [1.54, 1.807) is 34.1 Å². The third kappa shape index (κ3) is 8.52. The van der Waals surface area contributed by atoms with Gasteiger partial charge in [0.05, 0.1) is 7.11 Å². The summed E-state index contributed by atoms with van der Waals surface area (Å²) in [6.07, 6.45) is 3.38. The van der Waals surface area contributed by atoms with Crippen LogP contribution in [0.4, 0.5) is 4.79 Å². The van der Waals surface area contributed by atoms with Gasteiger partial charge in [0, 0.05) is 53.6 Å². The number of benzene rings is 2. The van der Waals surface area contributed by atoms with Gasteiger partial charge in [-0.3, -0.25) is 14.4 Å². The number of nitrogens with two attached hydrogens (primary N) is 1. The van der Waals surface area contributed by atoms with Crippen molar-refractivity contribution < 1.29 is 28.7 Å². The molecule has 0 unspecified atom stereocenters. The lowest BCUT2D eigenvalue weighted by Gasteiger charge is -2.25. The van der Waals surface area contributed by atoms with Crippen LogP contribution in [0.25, 0.3) is 21.8 Å². The molecule has 2 atom stereocenters. The molecule has 12 nitrogen and oxygen atoms in total. The number of aromatic nitrogens is 2. The summed E-state index contributed by atoms with van der Waals surface area (Å²) in [6.45, 7) is 5.39. The summed E-state index contributed by atoms with van der Waals surface area (Å²) in [7, 11) is 1.61. The number of primary amides is 1. The van der Waals surface area contributed by atoms with Crippen molar-refractivity contribution in [2.45, 2.75) is 64.1 Å². The van der Waals surface area contributed by atoms with E-state index < -0.39 is 41.5 Å². The van der Waals surface area contributed by atoms with Gasteiger partial charge in [0.1, 0.15) is 23.4 Å². The molecule has 0 spiro atoms. The molecule has 2 aromatic heterocycles. The van der Waals surface area contributed by atoms with Gasteiger partial charge in [-0.05, 0) is 69.0 Å². The SMILES string of the molecule is COc1ccc2[nH]cc(CCNC(=O)[C@H](Cc3c[nH]c4ccccc34)NC(=O)[C@H](CCC(N)=O)NC(=O)OC(C)(C)C)c2c1. The van der Waals surface area contributed by atoms with Crippen molar-refractivity contribution in [3.8, 4) is 5.75 Å². The van der Waals surface area contributed by atoms with Crippen molar-refractivity contribution in [2.75, 3.05) is 13.7 Å². The van der Waals surface area contributed by atoms with E-state index in [9.17, 15) is 19.2 Å². The second-order valence-corrected chi connectivity index (χ2v) is 11.6. The van der Waals surface area contributed by atoms with E-state index in [0.29, 0.717) is 13.0 Å². The van der Waals surface area contributed by atoms with Crippen LogP contribution in [0.15, 0.2) is 54.9 Å². The minimum absolute atomic E-state index is 0.0636. The highest BCUT2D eigenvalue weighted by molar-refractivity contribution is 5.93. The minimum Gasteiger partial charge on any atom is -0.497 e. The maximum Gasteiger partial charge on any atom is 0.408 e. The molecule has 2 aromatic carbocycles. The number of H-pyrrole nitrogens is 2. The molecule has 4 rings (SSSR count). The first kappa shape index (κ1) is 31.9. The number of hydrogen-bond acceptors (Lipinski definition) is 6. The first-order valence-corrected chi connectivity index (χ1v) is 14.5. The van der Waals surface area contributed by atoms with Crippen molar-refractivity contribution in [3.05, 3.63) is 66.0 Å². The summed E-state index contributed by atoms with van der Waals surface area (Å²) >= 11 is 0. The Kier molecular flexibility index (Phi) is 10.1. The zero-order valence-corrected chi connectivity index (χ0v) is 25.4. The van der Waals surface area contributed by atoms with Gasteiger partial charge in [-0.1, -0.05) is 18.2 Å². The molecule has 234 valence electrons. The Hall–Kier alpha value is -5.00. The standard InChI is InChI=1S/C32H40N6O6/c1-32(2,3)44-31(42)38-26(11-12-28(33)39)30(41)37-27(15-20-18-36-24-8-6-5-7-22(20)24)29(40)34-14-13-19-17-35-25-10-9-21(43-4)16-23(19)25/h5-10,16-18,26-27,35-36H,11-15H2,1-4H3,(H2,33,39)(H,34,40)(H,37,41)(H,38,42)/t26-,27-/m0/s1. The molecular formula is C32H40N6O6. The van der Waals surface area contributed by atoms with Crippen LogP contribution >= 0.6 is 0 Å². The predicted octanol–water partition coefficient (Wildman–Crippen LogP) is 3.20. The van der Waals surface area contributed by atoms with Crippen LogP contribution in [0.1, 0.15) is 44.7 Å². The lowest BCUT2D eigenvalue weighted by molar-refractivity contribution is -0.130. The number of fused-ring (bicyclic) bond motifs is 2. The molecule has 7 N–H and O–H groups in total. The largest absolute Gasteiger partial charge is 0.497 e. The van der Waals surface area contributed by atoms with E-state index in [1.807, 2.05) is 48.7 Å². The van der Waals surface area contributed by atoms with Crippen molar-refractivity contribution in [3.63, 3.8) is 0 Å². The van der Waals surface area contributed by atoms with Crippen LogP contribution in [0, 0.1) is 0 Å². The summed E-state index contributed by atoms with van der Waals surface area (Å²) in [5, 5.41) is 10.2. The van der Waals surface area contributed by atoms with E-state index >= 15 is 0 Å². The third-order valence-electron chi connectivity index (χ3n) is 7.09. The number of alkyl carbamates (subject to hydrolysis) is 1. The topological polar surface area (TPSA) is 180 Å². The van der Waals surface area contributed by atoms with E-state index in [4.69, 9.17) is 15.2 Å². The summed E-state index contributed by atoms with van der Waals surface area (Å²) in [5.41, 5.74) is 8.21. The summed E-state index contributed by atoms with van der Waals surface area (Å²) in [5.74, 6) is -0.931. The molecule has 4 amide bonds. The highest BCUT2D eigenvalue weighted by Gasteiger charge is 2.29. The van der Waals surface area contributed by atoms with Crippen molar-refractivity contribution in [2.24, 2.45) is 5.73 Å². The zero-order valence-electron chi connectivity index (χ0n) is 25.4. The fourth-order valence-electron chi connectivity index (χ4n) is 4.94. The van der Waals surface area contributed by atoms with Gasteiger partial charge in [-0.15, -0.1) is 0 Å². The van der Waals surface area contributed by atoms with Crippen LogP contribution in [-0.2, 0) is 32.0 Å². The third-order valence-corrected chi connectivity index (χ3v) is 7.09. The molecule has 0 saturated carbocycles.